The summed E-state index contributed by atoms with van der Waals surface area (Å²) >= 11 is 0. The average molecular weight is 190 g/mol. The summed E-state index contributed by atoms with van der Waals surface area (Å²) in [6.45, 7) is 2.09. The summed E-state index contributed by atoms with van der Waals surface area (Å²) in [6.07, 6.45) is 1.98. The molecule has 4 aliphatic rings. The summed E-state index contributed by atoms with van der Waals surface area (Å²) in [5.41, 5.74) is 0. The maximum absolute atomic E-state index is 12.0. The van der Waals surface area contributed by atoms with Crippen molar-refractivity contribution in [3.63, 3.8) is 0 Å². The van der Waals surface area contributed by atoms with Gasteiger partial charge in [-0.25, -0.2) is 0 Å². The van der Waals surface area contributed by atoms with Gasteiger partial charge in [-0.1, -0.05) is 6.92 Å². The number of rotatable bonds is 0. The molecule has 0 radical (unpaired) electrons. The van der Waals surface area contributed by atoms with Gasteiger partial charge in [0.2, 0.25) is 0 Å². The maximum Gasteiger partial charge on any atom is 0.140 e. The second-order valence-electron chi connectivity index (χ2n) is 5.72. The lowest BCUT2D eigenvalue weighted by Gasteiger charge is -2.24. The number of carbonyl (C=O) groups is 2. The topological polar surface area (TPSA) is 34.1 Å². The summed E-state index contributed by atoms with van der Waals surface area (Å²) in [5.74, 6) is 3.80. The van der Waals surface area contributed by atoms with Crippen molar-refractivity contribution in [3.8, 4) is 0 Å². The van der Waals surface area contributed by atoms with E-state index in [9.17, 15) is 9.59 Å². The Labute approximate surface area is 83.1 Å². The average Bonchev–Trinajstić information content (AvgIpc) is 2.76. The van der Waals surface area contributed by atoms with E-state index in [1.807, 2.05) is 0 Å². The van der Waals surface area contributed by atoms with Crippen LogP contribution in [0.25, 0.3) is 0 Å². The molecule has 2 heteroatoms. The van der Waals surface area contributed by atoms with Crippen molar-refractivity contribution in [1.29, 1.82) is 0 Å². The number of carbonyl (C=O) groups excluding carboxylic acids is 2. The lowest BCUT2D eigenvalue weighted by molar-refractivity contribution is -0.130. The molecule has 4 fully saturated rings. The first-order valence-corrected chi connectivity index (χ1v) is 5.76. The highest BCUT2D eigenvalue weighted by atomic mass is 16.1. The molecule has 4 rings (SSSR count). The highest BCUT2D eigenvalue weighted by molar-refractivity contribution is 5.97. The van der Waals surface area contributed by atoms with Gasteiger partial charge in [0.05, 0.1) is 0 Å². The predicted octanol–water partition coefficient (Wildman–Crippen LogP) is 1.29. The Hall–Kier alpha value is -0.660. The number of hydrogen-bond donors (Lipinski definition) is 0. The Morgan fingerprint density at radius 3 is 2.64 bits per heavy atom. The van der Waals surface area contributed by atoms with Gasteiger partial charge in [0, 0.05) is 24.2 Å². The lowest BCUT2D eigenvalue weighted by atomic mass is 9.78. The first-order chi connectivity index (χ1) is 6.70. The van der Waals surface area contributed by atoms with E-state index in [0.717, 1.165) is 6.42 Å². The normalized spacial score (nSPS) is 63.1. The van der Waals surface area contributed by atoms with Crippen LogP contribution in [0, 0.1) is 41.4 Å². The van der Waals surface area contributed by atoms with Crippen LogP contribution in [0.3, 0.4) is 0 Å². The van der Waals surface area contributed by atoms with E-state index in [2.05, 4.69) is 6.92 Å². The van der Waals surface area contributed by atoms with Crippen LogP contribution in [-0.2, 0) is 9.59 Å². The van der Waals surface area contributed by atoms with Gasteiger partial charge in [0.15, 0.2) is 0 Å². The minimum atomic E-state index is 0.159. The monoisotopic (exact) mass is 190 g/mol. The molecular weight excluding hydrogens is 176 g/mol. The third-order valence-electron chi connectivity index (χ3n) is 5.56. The molecule has 14 heavy (non-hydrogen) atoms. The minimum absolute atomic E-state index is 0.159. The van der Waals surface area contributed by atoms with Crippen molar-refractivity contribution in [2.24, 2.45) is 41.4 Å². The van der Waals surface area contributed by atoms with Crippen LogP contribution in [0.4, 0.5) is 0 Å². The second kappa shape index (κ2) is 1.98. The molecule has 1 unspecified atom stereocenters. The van der Waals surface area contributed by atoms with Crippen molar-refractivity contribution in [3.05, 3.63) is 0 Å². The minimum Gasteiger partial charge on any atom is -0.299 e. The summed E-state index contributed by atoms with van der Waals surface area (Å²) < 4.78 is 0. The van der Waals surface area contributed by atoms with E-state index in [1.54, 1.807) is 0 Å². The zero-order chi connectivity index (χ0) is 9.61. The molecule has 0 amide bonds. The molecule has 0 aromatic rings. The fraction of sp³-hybridized carbons (Fsp3) is 0.833. The Kier molecular flexibility index (Phi) is 1.07. The van der Waals surface area contributed by atoms with Crippen LogP contribution < -0.4 is 0 Å². The van der Waals surface area contributed by atoms with Gasteiger partial charge in [0.1, 0.15) is 11.6 Å². The number of hydrogen-bond acceptors (Lipinski definition) is 2. The highest BCUT2D eigenvalue weighted by Gasteiger charge is 2.71. The summed E-state index contributed by atoms with van der Waals surface area (Å²) in [6, 6.07) is 0. The predicted molar refractivity (Wildman–Crippen MR) is 49.4 cm³/mol. The molecule has 4 aliphatic carbocycles. The van der Waals surface area contributed by atoms with Crippen LogP contribution >= 0.6 is 0 Å². The van der Waals surface area contributed by atoms with Crippen molar-refractivity contribution in [1.82, 2.24) is 0 Å². The van der Waals surface area contributed by atoms with E-state index in [0.29, 0.717) is 35.2 Å². The van der Waals surface area contributed by atoms with Crippen LogP contribution in [0.5, 0.6) is 0 Å². The third kappa shape index (κ3) is 0.541. The quantitative estimate of drug-likeness (QED) is 0.577. The fourth-order valence-electron chi connectivity index (χ4n) is 5.30. The summed E-state index contributed by atoms with van der Waals surface area (Å²) in [7, 11) is 0. The Morgan fingerprint density at radius 1 is 1.07 bits per heavy atom. The standard InChI is InChI=1S/C12H14O2/c1-4-9-6-3-8(13)10-5(6)2-7(9)11(10)12(4)14/h4-7,9-11H,2-3H2,1H3/t4?,5-,6-,7+,9-,10-,11-/m1/s1. The molecular formula is C12H14O2. The van der Waals surface area contributed by atoms with Crippen LogP contribution in [0.2, 0.25) is 0 Å². The maximum atomic E-state index is 12.0. The summed E-state index contributed by atoms with van der Waals surface area (Å²) in [5, 5.41) is 0. The van der Waals surface area contributed by atoms with E-state index < -0.39 is 0 Å². The molecule has 0 aromatic heterocycles. The number of ketones is 2. The number of fused-ring (bicyclic) bond motifs is 2. The van der Waals surface area contributed by atoms with Crippen molar-refractivity contribution in [2.45, 2.75) is 19.8 Å². The van der Waals surface area contributed by atoms with Crippen molar-refractivity contribution >= 4 is 11.6 Å². The molecule has 0 spiro atoms. The van der Waals surface area contributed by atoms with E-state index in [1.165, 1.54) is 6.42 Å². The van der Waals surface area contributed by atoms with E-state index >= 15 is 0 Å². The van der Waals surface area contributed by atoms with Gasteiger partial charge in [-0.15, -0.1) is 0 Å². The molecule has 0 aromatic carbocycles. The van der Waals surface area contributed by atoms with E-state index in [4.69, 9.17) is 0 Å². The largest absolute Gasteiger partial charge is 0.299 e. The summed E-state index contributed by atoms with van der Waals surface area (Å²) in [4.78, 5) is 23.8. The molecule has 74 valence electrons. The van der Waals surface area contributed by atoms with Gasteiger partial charge < -0.3 is 0 Å². The molecule has 0 heterocycles. The molecule has 0 N–H and O–H groups in total. The molecule has 2 bridgehead atoms. The first kappa shape index (κ1) is 7.61. The van der Waals surface area contributed by atoms with Gasteiger partial charge in [-0.05, 0) is 30.1 Å². The van der Waals surface area contributed by atoms with E-state index in [-0.39, 0.29) is 17.8 Å². The van der Waals surface area contributed by atoms with Crippen LogP contribution in [-0.4, -0.2) is 11.6 Å². The molecule has 7 atom stereocenters. The Balaban J connectivity index is 1.93. The zero-order valence-corrected chi connectivity index (χ0v) is 8.27. The SMILES string of the molecule is CC1C(=O)[C@@H]2[C@H]3C[C@@H]4[C@@H](CC(=O)[C@@H]42)[C@@H]13. The lowest BCUT2D eigenvalue weighted by Crippen LogP contribution is -2.26. The number of Topliss-reactive ketones (excluding diaryl/α,β-unsaturated/α-hetero) is 2. The van der Waals surface area contributed by atoms with Crippen molar-refractivity contribution < 1.29 is 9.59 Å². The molecule has 0 aliphatic heterocycles. The van der Waals surface area contributed by atoms with Crippen LogP contribution in [0.1, 0.15) is 19.8 Å². The fourth-order valence-corrected chi connectivity index (χ4v) is 5.30. The second-order valence-corrected chi connectivity index (χ2v) is 5.72. The smallest absolute Gasteiger partial charge is 0.140 e. The highest BCUT2D eigenvalue weighted by Crippen LogP contribution is 2.69. The van der Waals surface area contributed by atoms with Gasteiger partial charge in [0.25, 0.3) is 0 Å². The first-order valence-electron chi connectivity index (χ1n) is 5.76. The molecule has 2 nitrogen and oxygen atoms in total. The Morgan fingerprint density at radius 2 is 1.86 bits per heavy atom. The van der Waals surface area contributed by atoms with Gasteiger partial charge >= 0.3 is 0 Å². The van der Waals surface area contributed by atoms with Gasteiger partial charge in [-0.2, -0.15) is 0 Å². The van der Waals surface area contributed by atoms with Gasteiger partial charge in [-0.3, -0.25) is 9.59 Å². The Bertz CT molecular complexity index is 357. The van der Waals surface area contributed by atoms with Crippen LogP contribution in [0.15, 0.2) is 0 Å². The zero-order valence-electron chi connectivity index (χ0n) is 8.27. The molecule has 0 saturated heterocycles. The third-order valence-corrected chi connectivity index (χ3v) is 5.56. The van der Waals surface area contributed by atoms with Crippen molar-refractivity contribution in [2.75, 3.05) is 0 Å². The molecule has 4 saturated carbocycles.